The Hall–Kier alpha value is -0.620. The Balaban J connectivity index is 0.00000338. The van der Waals surface area contributed by atoms with E-state index in [9.17, 15) is 13.2 Å². The fourth-order valence-electron chi connectivity index (χ4n) is 2.70. The maximum Gasteiger partial charge on any atom is 0.403 e. The van der Waals surface area contributed by atoms with E-state index in [1.54, 1.807) is 11.3 Å². The average Bonchev–Trinajstić information content (AvgIpc) is 2.88. The van der Waals surface area contributed by atoms with Crippen molar-refractivity contribution in [2.75, 3.05) is 32.7 Å². The van der Waals surface area contributed by atoms with Crippen LogP contribution in [-0.4, -0.2) is 65.7 Å². The van der Waals surface area contributed by atoms with Gasteiger partial charge in [-0.1, -0.05) is 0 Å². The van der Waals surface area contributed by atoms with Crippen LogP contribution in [0.25, 0.3) is 0 Å². The minimum absolute atomic E-state index is 0. The highest BCUT2D eigenvalue weighted by Gasteiger charge is 2.41. The predicted molar refractivity (Wildman–Crippen MR) is 110 cm³/mol. The van der Waals surface area contributed by atoms with Crippen LogP contribution in [0.5, 0.6) is 0 Å². The molecule has 1 saturated heterocycles. The molecule has 2 rings (SSSR count). The molecular weight excluding hydrogens is 478 g/mol. The van der Waals surface area contributed by atoms with Crippen molar-refractivity contribution in [2.45, 2.75) is 46.5 Å². The highest BCUT2D eigenvalue weighted by atomic mass is 127. The molecule has 1 atom stereocenters. The van der Waals surface area contributed by atoms with Crippen molar-refractivity contribution >= 4 is 41.3 Å². The van der Waals surface area contributed by atoms with Gasteiger partial charge >= 0.3 is 6.18 Å². The number of guanidine groups is 1. The van der Waals surface area contributed by atoms with E-state index >= 15 is 0 Å². The van der Waals surface area contributed by atoms with Crippen LogP contribution in [0.15, 0.2) is 4.99 Å². The second kappa shape index (κ2) is 10.1. The van der Waals surface area contributed by atoms with E-state index in [2.05, 4.69) is 15.3 Å². The summed E-state index contributed by atoms with van der Waals surface area (Å²) in [6.07, 6.45) is -4.18. The number of hydrogen-bond donors (Lipinski definition) is 1. The van der Waals surface area contributed by atoms with E-state index in [4.69, 9.17) is 0 Å². The van der Waals surface area contributed by atoms with Crippen LogP contribution in [0.3, 0.4) is 0 Å². The van der Waals surface area contributed by atoms with Gasteiger partial charge in [-0.15, -0.1) is 35.3 Å². The summed E-state index contributed by atoms with van der Waals surface area (Å²) in [6, 6.07) is -1.41. The first-order valence-corrected chi connectivity index (χ1v) is 9.31. The van der Waals surface area contributed by atoms with Crippen molar-refractivity contribution in [3.8, 4) is 0 Å². The SMILES string of the molecule is CCNC(=NCc1nc(C)c(C)s1)N1CCN(C(C)C(F)(F)F)CC1.I. The first kappa shape index (κ1) is 23.4. The van der Waals surface area contributed by atoms with Gasteiger partial charge in [-0.05, 0) is 27.7 Å². The minimum Gasteiger partial charge on any atom is -0.357 e. The molecule has 150 valence electrons. The van der Waals surface area contributed by atoms with Crippen molar-refractivity contribution in [1.82, 2.24) is 20.1 Å². The van der Waals surface area contributed by atoms with E-state index in [-0.39, 0.29) is 24.0 Å². The van der Waals surface area contributed by atoms with E-state index in [1.807, 2.05) is 25.7 Å². The molecule has 10 heteroatoms. The molecule has 0 bridgehead atoms. The Bertz CT molecular complexity index is 578. The summed E-state index contributed by atoms with van der Waals surface area (Å²) in [4.78, 5) is 13.8. The zero-order chi connectivity index (χ0) is 18.6. The van der Waals surface area contributed by atoms with Gasteiger partial charge in [-0.25, -0.2) is 9.98 Å². The highest BCUT2D eigenvalue weighted by Crippen LogP contribution is 2.25. The first-order chi connectivity index (χ1) is 11.7. The topological polar surface area (TPSA) is 43.8 Å². The number of halogens is 4. The number of aliphatic imine (C=N–C) groups is 1. The number of aromatic nitrogens is 1. The zero-order valence-electron chi connectivity index (χ0n) is 15.6. The van der Waals surface area contributed by atoms with Crippen molar-refractivity contribution in [2.24, 2.45) is 4.99 Å². The van der Waals surface area contributed by atoms with Crippen LogP contribution < -0.4 is 5.32 Å². The van der Waals surface area contributed by atoms with Gasteiger partial charge in [-0.3, -0.25) is 4.90 Å². The molecule has 26 heavy (non-hydrogen) atoms. The van der Waals surface area contributed by atoms with Gasteiger partial charge in [0, 0.05) is 37.6 Å². The summed E-state index contributed by atoms with van der Waals surface area (Å²) < 4.78 is 38.6. The summed E-state index contributed by atoms with van der Waals surface area (Å²) in [5.41, 5.74) is 1.02. The summed E-state index contributed by atoms with van der Waals surface area (Å²) >= 11 is 1.63. The Morgan fingerprint density at radius 3 is 2.35 bits per heavy atom. The Morgan fingerprint density at radius 1 is 1.27 bits per heavy atom. The number of hydrogen-bond acceptors (Lipinski definition) is 4. The molecule has 1 aromatic heterocycles. The van der Waals surface area contributed by atoms with Crippen LogP contribution >= 0.6 is 35.3 Å². The van der Waals surface area contributed by atoms with E-state index in [1.165, 1.54) is 16.7 Å². The van der Waals surface area contributed by atoms with Gasteiger partial charge in [0.1, 0.15) is 11.0 Å². The fraction of sp³-hybridized carbons (Fsp3) is 0.750. The molecule has 1 fully saturated rings. The summed E-state index contributed by atoms with van der Waals surface area (Å²) in [7, 11) is 0. The minimum atomic E-state index is -4.18. The van der Waals surface area contributed by atoms with Crippen LogP contribution in [0.1, 0.15) is 29.4 Å². The second-order valence-electron chi connectivity index (χ2n) is 6.16. The molecule has 1 aliphatic rings. The van der Waals surface area contributed by atoms with Gasteiger partial charge < -0.3 is 10.2 Å². The predicted octanol–water partition coefficient (Wildman–Crippen LogP) is 3.41. The fourth-order valence-corrected chi connectivity index (χ4v) is 3.56. The average molecular weight is 505 g/mol. The number of nitrogens with zero attached hydrogens (tertiary/aromatic N) is 4. The van der Waals surface area contributed by atoms with Crippen LogP contribution in [0.4, 0.5) is 13.2 Å². The maximum atomic E-state index is 12.9. The van der Waals surface area contributed by atoms with Crippen molar-refractivity contribution in [3.05, 3.63) is 15.6 Å². The monoisotopic (exact) mass is 505 g/mol. The molecule has 5 nitrogen and oxygen atoms in total. The van der Waals surface area contributed by atoms with Crippen LogP contribution in [0, 0.1) is 13.8 Å². The second-order valence-corrected chi connectivity index (χ2v) is 7.45. The van der Waals surface area contributed by atoms with Gasteiger partial charge in [0.05, 0.1) is 12.2 Å². The number of aryl methyl sites for hydroxylation is 2. The summed E-state index contributed by atoms with van der Waals surface area (Å²) in [5, 5.41) is 4.18. The van der Waals surface area contributed by atoms with Gasteiger partial charge in [0.2, 0.25) is 0 Å². The number of nitrogens with one attached hydrogen (secondary N) is 1. The maximum absolute atomic E-state index is 12.9. The number of piperazine rings is 1. The van der Waals surface area contributed by atoms with Gasteiger partial charge in [0.25, 0.3) is 0 Å². The molecular formula is C16H27F3IN5S. The summed E-state index contributed by atoms with van der Waals surface area (Å²) in [6.45, 7) is 10.2. The third-order valence-electron chi connectivity index (χ3n) is 4.41. The van der Waals surface area contributed by atoms with Gasteiger partial charge in [0.15, 0.2) is 5.96 Å². The molecule has 0 aliphatic carbocycles. The zero-order valence-corrected chi connectivity index (χ0v) is 18.7. The standard InChI is InChI=1S/C16H26F3N5S.HI/c1-5-20-15(21-10-14-22-11(2)12(3)25-14)24-8-6-23(7-9-24)13(4)16(17,18)19;/h13H,5-10H2,1-4H3,(H,20,21);1H. The van der Waals surface area contributed by atoms with Crippen molar-refractivity contribution in [1.29, 1.82) is 0 Å². The molecule has 1 unspecified atom stereocenters. The van der Waals surface area contributed by atoms with E-state index < -0.39 is 12.2 Å². The quantitative estimate of drug-likeness (QED) is 0.387. The summed E-state index contributed by atoms with van der Waals surface area (Å²) in [5.74, 6) is 0.743. The third-order valence-corrected chi connectivity index (χ3v) is 5.46. The third kappa shape index (κ3) is 6.22. The smallest absolute Gasteiger partial charge is 0.357 e. The highest BCUT2D eigenvalue weighted by molar-refractivity contribution is 14.0. The molecule has 0 spiro atoms. The largest absolute Gasteiger partial charge is 0.403 e. The Morgan fingerprint density at radius 2 is 1.88 bits per heavy atom. The molecule has 2 heterocycles. The van der Waals surface area contributed by atoms with Gasteiger partial charge in [-0.2, -0.15) is 13.2 Å². The number of alkyl halides is 3. The molecule has 0 radical (unpaired) electrons. The molecule has 1 aliphatic heterocycles. The lowest BCUT2D eigenvalue weighted by molar-refractivity contribution is -0.181. The molecule has 1 N–H and O–H groups in total. The lowest BCUT2D eigenvalue weighted by Gasteiger charge is -2.39. The van der Waals surface area contributed by atoms with Crippen LogP contribution in [0.2, 0.25) is 0 Å². The number of thiazole rings is 1. The lowest BCUT2D eigenvalue weighted by atomic mass is 10.2. The normalized spacial score (nSPS) is 17.8. The Labute approximate surface area is 174 Å². The molecule has 0 amide bonds. The molecule has 0 aromatic carbocycles. The molecule has 0 saturated carbocycles. The first-order valence-electron chi connectivity index (χ1n) is 8.49. The Kier molecular flexibility index (Phi) is 9.07. The van der Waals surface area contributed by atoms with Crippen LogP contribution in [-0.2, 0) is 6.54 Å². The van der Waals surface area contributed by atoms with E-state index in [0.717, 1.165) is 16.7 Å². The van der Waals surface area contributed by atoms with Crippen molar-refractivity contribution < 1.29 is 13.2 Å². The lowest BCUT2D eigenvalue weighted by Crippen LogP contribution is -2.56. The number of rotatable bonds is 4. The van der Waals surface area contributed by atoms with E-state index in [0.29, 0.717) is 39.3 Å². The molecule has 1 aromatic rings. The van der Waals surface area contributed by atoms with Crippen molar-refractivity contribution in [3.63, 3.8) is 0 Å².